The fraction of sp³-hybridized carbons (Fsp3) is 0.583. The van der Waals surface area contributed by atoms with Crippen LogP contribution in [0.25, 0.3) is 0 Å². The predicted octanol–water partition coefficient (Wildman–Crippen LogP) is -0.887. The highest BCUT2D eigenvalue weighted by atomic mass is 32.2. The van der Waals surface area contributed by atoms with Crippen molar-refractivity contribution in [2.45, 2.75) is 6.04 Å². The van der Waals surface area contributed by atoms with Crippen LogP contribution in [0.5, 0.6) is 0 Å². The molecule has 1 amide bonds. The maximum Gasteiger partial charge on any atom is 0.271 e. The third-order valence-electron chi connectivity index (χ3n) is 3.29. The molecule has 1 aromatic heterocycles. The molecule has 2 atom stereocenters. The number of hydrogen-bond acceptors (Lipinski definition) is 6. The van der Waals surface area contributed by atoms with Crippen molar-refractivity contribution < 1.29 is 17.9 Å². The lowest BCUT2D eigenvalue weighted by Crippen LogP contribution is -2.43. The number of sulfonamides is 1. The zero-order valence-corrected chi connectivity index (χ0v) is 12.7. The average Bonchev–Trinajstić information content (AvgIpc) is 2.86. The van der Waals surface area contributed by atoms with Gasteiger partial charge in [0.15, 0.2) is 0 Å². The molecule has 1 N–H and O–H groups in total. The molecule has 1 aromatic rings. The number of rotatable bonds is 5. The first-order chi connectivity index (χ1) is 9.90. The molecule has 2 heterocycles. The van der Waals surface area contributed by atoms with E-state index in [-0.39, 0.29) is 29.3 Å². The lowest BCUT2D eigenvalue weighted by Gasteiger charge is -2.20. The second-order valence-electron chi connectivity index (χ2n) is 5.03. The van der Waals surface area contributed by atoms with Crippen LogP contribution in [0.4, 0.5) is 0 Å². The molecule has 116 valence electrons. The van der Waals surface area contributed by atoms with E-state index in [2.05, 4.69) is 15.3 Å². The molecule has 21 heavy (non-hydrogen) atoms. The predicted molar refractivity (Wildman–Crippen MR) is 75.1 cm³/mol. The van der Waals surface area contributed by atoms with E-state index in [1.165, 1.54) is 37.0 Å². The summed E-state index contributed by atoms with van der Waals surface area (Å²) >= 11 is 0. The van der Waals surface area contributed by atoms with Gasteiger partial charge in [-0.25, -0.2) is 17.7 Å². The van der Waals surface area contributed by atoms with Gasteiger partial charge in [0.25, 0.3) is 5.91 Å². The van der Waals surface area contributed by atoms with Crippen molar-refractivity contribution in [2.24, 2.45) is 5.92 Å². The maximum atomic E-state index is 12.0. The molecule has 0 saturated carbocycles. The summed E-state index contributed by atoms with van der Waals surface area (Å²) in [6, 6.07) is -0.353. The fourth-order valence-corrected chi connectivity index (χ4v) is 3.17. The third-order valence-corrected chi connectivity index (χ3v) is 5.25. The Balaban J connectivity index is 2.01. The Morgan fingerprint density at radius 1 is 1.43 bits per heavy atom. The summed E-state index contributed by atoms with van der Waals surface area (Å²) in [6.07, 6.45) is 4.26. The first kappa shape index (κ1) is 15.8. The van der Waals surface area contributed by atoms with Crippen LogP contribution in [0.3, 0.4) is 0 Å². The smallest absolute Gasteiger partial charge is 0.271 e. The Kier molecular flexibility index (Phi) is 4.86. The van der Waals surface area contributed by atoms with Crippen LogP contribution < -0.4 is 5.32 Å². The van der Waals surface area contributed by atoms with Crippen molar-refractivity contribution in [1.29, 1.82) is 0 Å². The number of amides is 1. The number of hydrogen-bond donors (Lipinski definition) is 1. The maximum absolute atomic E-state index is 12.0. The second kappa shape index (κ2) is 6.46. The Morgan fingerprint density at radius 3 is 2.81 bits per heavy atom. The fourth-order valence-electron chi connectivity index (χ4n) is 2.00. The van der Waals surface area contributed by atoms with Gasteiger partial charge in [0, 0.05) is 32.4 Å². The largest absolute Gasteiger partial charge is 0.379 e. The van der Waals surface area contributed by atoms with E-state index in [0.717, 1.165) is 0 Å². The Hall–Kier alpha value is -1.58. The highest BCUT2D eigenvalue weighted by Crippen LogP contribution is 2.17. The van der Waals surface area contributed by atoms with Crippen LogP contribution in [0.15, 0.2) is 18.6 Å². The molecule has 8 nitrogen and oxygen atoms in total. The molecular weight excluding hydrogens is 296 g/mol. The van der Waals surface area contributed by atoms with Crippen LogP contribution in [-0.2, 0) is 14.8 Å². The molecule has 0 bridgehead atoms. The molecule has 1 aliphatic rings. The van der Waals surface area contributed by atoms with Crippen molar-refractivity contribution in [2.75, 3.05) is 33.1 Å². The van der Waals surface area contributed by atoms with E-state index in [0.29, 0.717) is 13.2 Å². The molecule has 1 fully saturated rings. The SMILES string of the molecule is CN(C)S(=O)(=O)C[C@@H]1COC[C@@H]1NC(=O)c1cnccn1. The quantitative estimate of drug-likeness (QED) is 0.757. The van der Waals surface area contributed by atoms with Crippen LogP contribution in [-0.4, -0.2) is 67.7 Å². The van der Waals surface area contributed by atoms with Crippen LogP contribution in [0.2, 0.25) is 0 Å². The zero-order valence-electron chi connectivity index (χ0n) is 11.9. The lowest BCUT2D eigenvalue weighted by atomic mass is 10.1. The summed E-state index contributed by atoms with van der Waals surface area (Å²) in [7, 11) is -0.372. The third kappa shape index (κ3) is 3.96. The molecule has 0 unspecified atom stereocenters. The topological polar surface area (TPSA) is 101 Å². The minimum absolute atomic E-state index is 0.0641. The number of carbonyl (C=O) groups is 1. The van der Waals surface area contributed by atoms with Crippen molar-refractivity contribution in [1.82, 2.24) is 19.6 Å². The normalized spacial score (nSPS) is 22.4. The summed E-state index contributed by atoms with van der Waals surface area (Å²) in [5, 5.41) is 2.76. The molecule has 2 rings (SSSR count). The van der Waals surface area contributed by atoms with Gasteiger partial charge in [0.1, 0.15) is 5.69 Å². The van der Waals surface area contributed by atoms with Crippen LogP contribution >= 0.6 is 0 Å². The first-order valence-electron chi connectivity index (χ1n) is 6.45. The molecule has 0 aliphatic carbocycles. The monoisotopic (exact) mass is 314 g/mol. The molecule has 1 aliphatic heterocycles. The number of nitrogens with one attached hydrogen (secondary N) is 1. The molecule has 0 aromatic carbocycles. The standard InChI is InChI=1S/C12H18N4O4S/c1-16(2)21(18,19)8-9-6-20-7-11(9)15-12(17)10-5-13-3-4-14-10/h3-5,9,11H,6-8H2,1-2H3,(H,15,17)/t9-,11-/m0/s1. The van der Waals surface area contributed by atoms with Gasteiger partial charge in [-0.2, -0.15) is 0 Å². The minimum Gasteiger partial charge on any atom is -0.379 e. The lowest BCUT2D eigenvalue weighted by molar-refractivity contribution is 0.0920. The van der Waals surface area contributed by atoms with Crippen molar-refractivity contribution in [3.63, 3.8) is 0 Å². The molecule has 9 heteroatoms. The summed E-state index contributed by atoms with van der Waals surface area (Å²) in [4.78, 5) is 19.7. The van der Waals surface area contributed by atoms with Gasteiger partial charge < -0.3 is 10.1 Å². The van der Waals surface area contributed by atoms with E-state index in [4.69, 9.17) is 4.74 Å². The number of carbonyl (C=O) groups excluding carboxylic acids is 1. The Labute approximate surface area is 123 Å². The van der Waals surface area contributed by atoms with Gasteiger partial charge in [0.05, 0.1) is 31.2 Å². The molecular formula is C12H18N4O4S. The highest BCUT2D eigenvalue weighted by Gasteiger charge is 2.34. The van der Waals surface area contributed by atoms with E-state index < -0.39 is 10.0 Å². The van der Waals surface area contributed by atoms with Gasteiger partial charge >= 0.3 is 0 Å². The second-order valence-corrected chi connectivity index (χ2v) is 7.26. The number of ether oxygens (including phenoxy) is 1. The highest BCUT2D eigenvalue weighted by molar-refractivity contribution is 7.89. The Bertz CT molecular complexity index is 591. The van der Waals surface area contributed by atoms with Gasteiger partial charge in [0.2, 0.25) is 10.0 Å². The summed E-state index contributed by atoms with van der Waals surface area (Å²) in [5.74, 6) is -0.727. The van der Waals surface area contributed by atoms with Crippen molar-refractivity contribution in [3.8, 4) is 0 Å². The van der Waals surface area contributed by atoms with Gasteiger partial charge in [-0.3, -0.25) is 9.78 Å². The van der Waals surface area contributed by atoms with E-state index in [1.807, 2.05) is 0 Å². The number of nitrogens with zero attached hydrogens (tertiary/aromatic N) is 3. The summed E-state index contributed by atoms with van der Waals surface area (Å²) in [5.41, 5.74) is 0.193. The summed E-state index contributed by atoms with van der Waals surface area (Å²) in [6.45, 7) is 0.595. The van der Waals surface area contributed by atoms with Gasteiger partial charge in [-0.05, 0) is 0 Å². The zero-order chi connectivity index (χ0) is 15.5. The summed E-state index contributed by atoms with van der Waals surface area (Å²) < 4.78 is 30.3. The first-order valence-corrected chi connectivity index (χ1v) is 8.06. The molecule has 0 spiro atoms. The van der Waals surface area contributed by atoms with Crippen molar-refractivity contribution >= 4 is 15.9 Å². The van der Waals surface area contributed by atoms with E-state index in [9.17, 15) is 13.2 Å². The average molecular weight is 314 g/mol. The van der Waals surface area contributed by atoms with Crippen LogP contribution in [0, 0.1) is 5.92 Å². The molecule has 0 radical (unpaired) electrons. The number of aromatic nitrogens is 2. The minimum atomic E-state index is -3.34. The molecule has 1 saturated heterocycles. The van der Waals surface area contributed by atoms with Gasteiger partial charge in [-0.1, -0.05) is 0 Å². The van der Waals surface area contributed by atoms with Crippen molar-refractivity contribution in [3.05, 3.63) is 24.3 Å². The van der Waals surface area contributed by atoms with E-state index in [1.54, 1.807) is 0 Å². The Morgan fingerprint density at radius 2 is 2.19 bits per heavy atom. The van der Waals surface area contributed by atoms with E-state index >= 15 is 0 Å². The van der Waals surface area contributed by atoms with Gasteiger partial charge in [-0.15, -0.1) is 0 Å². The van der Waals surface area contributed by atoms with Crippen LogP contribution in [0.1, 0.15) is 10.5 Å².